The van der Waals surface area contributed by atoms with Gasteiger partial charge in [0.05, 0.1) is 5.69 Å². The van der Waals surface area contributed by atoms with Gasteiger partial charge in [-0.3, -0.25) is 4.68 Å². The molecule has 0 aliphatic heterocycles. The van der Waals surface area contributed by atoms with Crippen LogP contribution < -0.4 is 4.74 Å². The van der Waals surface area contributed by atoms with Crippen molar-refractivity contribution in [2.75, 3.05) is 0 Å². The SMILES string of the molecule is Cn1nc(C(C)(C)C)cc1-c1nnc(C(C)(C)Oc2c(F)cc(F)cc2F)n1C. The highest BCUT2D eigenvalue weighted by Gasteiger charge is 2.33. The van der Waals surface area contributed by atoms with Crippen molar-refractivity contribution in [2.24, 2.45) is 14.1 Å². The van der Waals surface area contributed by atoms with E-state index < -0.39 is 28.8 Å². The standard InChI is InChI=1S/C20H24F3N5O/c1-19(2,3)15-10-14(28(7)26-15)17-24-25-18(27(17)6)20(4,5)29-16-12(22)8-11(21)9-13(16)23/h8-10H,1-7H3. The molecule has 29 heavy (non-hydrogen) atoms. The third-order valence-corrected chi connectivity index (χ3v) is 4.61. The first kappa shape index (κ1) is 20.9. The van der Waals surface area contributed by atoms with Crippen molar-refractivity contribution < 1.29 is 17.9 Å². The van der Waals surface area contributed by atoms with Crippen LogP contribution in [0.1, 0.15) is 46.1 Å². The Hall–Kier alpha value is -2.84. The van der Waals surface area contributed by atoms with E-state index in [4.69, 9.17) is 4.74 Å². The highest BCUT2D eigenvalue weighted by atomic mass is 19.1. The molecular weight excluding hydrogens is 383 g/mol. The van der Waals surface area contributed by atoms with Crippen LogP contribution >= 0.6 is 0 Å². The Morgan fingerprint density at radius 3 is 2.00 bits per heavy atom. The normalized spacial score (nSPS) is 12.5. The molecule has 1 aromatic carbocycles. The second kappa shape index (κ2) is 6.89. The maximum Gasteiger partial charge on any atom is 0.192 e. The second-order valence-corrected chi connectivity index (χ2v) is 8.51. The first-order chi connectivity index (χ1) is 13.3. The molecular formula is C20H24F3N5O. The van der Waals surface area contributed by atoms with Gasteiger partial charge in [-0.05, 0) is 19.9 Å². The fraction of sp³-hybridized carbons (Fsp3) is 0.450. The minimum atomic E-state index is -1.25. The molecule has 0 amide bonds. The van der Waals surface area contributed by atoms with Crippen LogP contribution in [0.5, 0.6) is 5.75 Å². The maximum absolute atomic E-state index is 14.0. The molecule has 0 N–H and O–H groups in total. The summed E-state index contributed by atoms with van der Waals surface area (Å²) in [5.41, 5.74) is 0.249. The summed E-state index contributed by atoms with van der Waals surface area (Å²) >= 11 is 0. The predicted octanol–water partition coefficient (Wildman–Crippen LogP) is 4.24. The maximum atomic E-state index is 14.0. The summed E-state index contributed by atoms with van der Waals surface area (Å²) in [6, 6.07) is 3.07. The van der Waals surface area contributed by atoms with Crippen molar-refractivity contribution in [2.45, 2.75) is 45.6 Å². The van der Waals surface area contributed by atoms with Gasteiger partial charge in [0.2, 0.25) is 0 Å². The monoisotopic (exact) mass is 407 g/mol. The molecule has 0 saturated heterocycles. The quantitative estimate of drug-likeness (QED) is 0.649. The molecule has 0 aliphatic carbocycles. The third kappa shape index (κ3) is 3.86. The van der Waals surface area contributed by atoms with Crippen molar-refractivity contribution in [1.29, 1.82) is 0 Å². The van der Waals surface area contributed by atoms with Gasteiger partial charge in [0, 0.05) is 31.6 Å². The van der Waals surface area contributed by atoms with Gasteiger partial charge in [-0.1, -0.05) is 20.8 Å². The highest BCUT2D eigenvalue weighted by Crippen LogP contribution is 2.33. The Kier molecular flexibility index (Phi) is 4.96. The van der Waals surface area contributed by atoms with Crippen LogP contribution in [0, 0.1) is 17.5 Å². The van der Waals surface area contributed by atoms with E-state index in [2.05, 4.69) is 36.1 Å². The number of aryl methyl sites for hydroxylation is 1. The van der Waals surface area contributed by atoms with Crippen LogP contribution in [0.15, 0.2) is 18.2 Å². The van der Waals surface area contributed by atoms with E-state index in [1.807, 2.05) is 13.1 Å². The molecule has 0 fully saturated rings. The average Bonchev–Trinajstić information content (AvgIpc) is 3.13. The molecule has 0 radical (unpaired) electrons. The van der Waals surface area contributed by atoms with E-state index in [-0.39, 0.29) is 5.41 Å². The molecule has 3 rings (SSSR count). The van der Waals surface area contributed by atoms with Crippen molar-refractivity contribution in [1.82, 2.24) is 24.5 Å². The first-order valence-electron chi connectivity index (χ1n) is 9.09. The Morgan fingerprint density at radius 1 is 0.897 bits per heavy atom. The summed E-state index contributed by atoms with van der Waals surface area (Å²) in [4.78, 5) is 0. The van der Waals surface area contributed by atoms with E-state index in [9.17, 15) is 13.2 Å². The van der Waals surface area contributed by atoms with E-state index in [0.29, 0.717) is 23.8 Å². The summed E-state index contributed by atoms with van der Waals surface area (Å²) in [7, 11) is 3.54. The fourth-order valence-corrected chi connectivity index (χ4v) is 3.05. The number of aromatic nitrogens is 5. The summed E-state index contributed by atoms with van der Waals surface area (Å²) < 4.78 is 50.2. The van der Waals surface area contributed by atoms with E-state index in [1.54, 1.807) is 30.1 Å². The molecule has 2 aromatic heterocycles. The average molecular weight is 407 g/mol. The zero-order valence-corrected chi connectivity index (χ0v) is 17.5. The fourth-order valence-electron chi connectivity index (χ4n) is 3.05. The third-order valence-electron chi connectivity index (χ3n) is 4.61. The van der Waals surface area contributed by atoms with Crippen LogP contribution in [0.3, 0.4) is 0 Å². The van der Waals surface area contributed by atoms with Gasteiger partial charge < -0.3 is 9.30 Å². The van der Waals surface area contributed by atoms with Crippen LogP contribution in [0.2, 0.25) is 0 Å². The molecule has 0 aliphatic rings. The van der Waals surface area contributed by atoms with E-state index >= 15 is 0 Å². The predicted molar refractivity (Wildman–Crippen MR) is 102 cm³/mol. The topological polar surface area (TPSA) is 57.8 Å². The van der Waals surface area contributed by atoms with Crippen LogP contribution in [0.4, 0.5) is 13.2 Å². The lowest BCUT2D eigenvalue weighted by Gasteiger charge is -2.26. The largest absolute Gasteiger partial charge is 0.474 e. The second-order valence-electron chi connectivity index (χ2n) is 8.51. The Morgan fingerprint density at radius 2 is 1.48 bits per heavy atom. The molecule has 0 atom stereocenters. The minimum absolute atomic E-state index is 0.141. The van der Waals surface area contributed by atoms with Gasteiger partial charge in [-0.25, -0.2) is 13.2 Å². The lowest BCUT2D eigenvalue weighted by atomic mass is 9.92. The van der Waals surface area contributed by atoms with Crippen LogP contribution in [-0.2, 0) is 25.1 Å². The molecule has 0 saturated carbocycles. The molecule has 3 aromatic rings. The van der Waals surface area contributed by atoms with E-state index in [1.165, 1.54) is 0 Å². The van der Waals surface area contributed by atoms with Gasteiger partial charge in [0.25, 0.3) is 0 Å². The Bertz CT molecular complexity index is 1040. The molecule has 0 spiro atoms. The summed E-state index contributed by atoms with van der Waals surface area (Å²) in [6.07, 6.45) is 0. The van der Waals surface area contributed by atoms with Crippen LogP contribution in [0.25, 0.3) is 11.5 Å². The molecule has 2 heterocycles. The number of rotatable bonds is 4. The van der Waals surface area contributed by atoms with Crippen molar-refractivity contribution in [3.05, 3.63) is 47.2 Å². The highest BCUT2D eigenvalue weighted by molar-refractivity contribution is 5.52. The van der Waals surface area contributed by atoms with Gasteiger partial charge in [-0.2, -0.15) is 5.10 Å². The van der Waals surface area contributed by atoms with Crippen molar-refractivity contribution in [3.63, 3.8) is 0 Å². The molecule has 0 bridgehead atoms. The van der Waals surface area contributed by atoms with Gasteiger partial charge >= 0.3 is 0 Å². The van der Waals surface area contributed by atoms with Crippen molar-refractivity contribution in [3.8, 4) is 17.3 Å². The number of hydrogen-bond acceptors (Lipinski definition) is 4. The summed E-state index contributed by atoms with van der Waals surface area (Å²) in [5, 5.41) is 13.0. The van der Waals surface area contributed by atoms with Crippen LogP contribution in [-0.4, -0.2) is 24.5 Å². The number of halogens is 3. The van der Waals surface area contributed by atoms with Gasteiger partial charge in [-0.15, -0.1) is 10.2 Å². The van der Waals surface area contributed by atoms with Gasteiger partial charge in [0.1, 0.15) is 11.5 Å². The first-order valence-corrected chi connectivity index (χ1v) is 9.09. The van der Waals surface area contributed by atoms with Crippen molar-refractivity contribution >= 4 is 0 Å². The number of hydrogen-bond donors (Lipinski definition) is 0. The summed E-state index contributed by atoms with van der Waals surface area (Å²) in [6.45, 7) is 9.39. The minimum Gasteiger partial charge on any atom is -0.474 e. The lowest BCUT2D eigenvalue weighted by molar-refractivity contribution is 0.0833. The number of nitrogens with zero attached hydrogens (tertiary/aromatic N) is 5. The van der Waals surface area contributed by atoms with E-state index in [0.717, 1.165) is 11.4 Å². The zero-order valence-electron chi connectivity index (χ0n) is 17.5. The Labute approximate surface area is 167 Å². The Balaban J connectivity index is 2.00. The molecule has 156 valence electrons. The summed E-state index contributed by atoms with van der Waals surface area (Å²) in [5.74, 6) is -3.07. The molecule has 6 nitrogen and oxygen atoms in total. The van der Waals surface area contributed by atoms with Gasteiger partial charge in [0.15, 0.2) is 34.6 Å². The zero-order chi connectivity index (χ0) is 21.7. The smallest absolute Gasteiger partial charge is 0.192 e. The number of ether oxygens (including phenoxy) is 1. The molecule has 0 unspecified atom stereocenters. The number of benzene rings is 1. The lowest BCUT2D eigenvalue weighted by Crippen LogP contribution is -2.30. The molecule has 9 heteroatoms.